The molecule has 2 aliphatic heterocycles. The van der Waals surface area contributed by atoms with Crippen LogP contribution >= 0.6 is 0 Å². The van der Waals surface area contributed by atoms with Gasteiger partial charge in [-0.2, -0.15) is 0 Å². The molecule has 240 valence electrons. The van der Waals surface area contributed by atoms with Gasteiger partial charge in [-0.05, 0) is 12.1 Å². The van der Waals surface area contributed by atoms with Crippen LogP contribution in [0.4, 0.5) is 0 Å². The first-order valence-electron chi connectivity index (χ1n) is 13.4. The van der Waals surface area contributed by atoms with Crippen LogP contribution in [0.15, 0.2) is 40.8 Å². The van der Waals surface area contributed by atoms with Gasteiger partial charge in [0.25, 0.3) is 0 Å². The fourth-order valence-corrected chi connectivity index (χ4v) is 4.96. The maximum Gasteiger partial charge on any atom is 0.402 e. The molecule has 0 spiro atoms. The molecule has 3 heterocycles. The van der Waals surface area contributed by atoms with Crippen molar-refractivity contribution in [3.63, 3.8) is 0 Å². The van der Waals surface area contributed by atoms with Crippen molar-refractivity contribution < 1.29 is 79.2 Å². The number of aliphatic hydroxyl groups is 8. The highest BCUT2D eigenvalue weighted by atomic mass is 16.7. The number of hydrogen-bond donors (Lipinski definition) is 10. The fourth-order valence-electron chi connectivity index (χ4n) is 4.96. The molecule has 0 amide bonds. The van der Waals surface area contributed by atoms with Crippen molar-refractivity contribution in [1.29, 1.82) is 0 Å². The third-order valence-corrected chi connectivity index (χ3v) is 7.43. The van der Waals surface area contributed by atoms with Crippen LogP contribution in [0.1, 0.15) is 0 Å². The van der Waals surface area contributed by atoms with E-state index in [2.05, 4.69) is 0 Å². The predicted molar refractivity (Wildman–Crippen MR) is 145 cm³/mol. The molecular weight excluding hydrogens is 592 g/mol. The number of phenolic OH excluding ortho intramolecular Hbond substituents is 2. The first kappa shape index (κ1) is 31.9. The van der Waals surface area contributed by atoms with E-state index in [1.165, 1.54) is 37.4 Å². The summed E-state index contributed by atoms with van der Waals surface area (Å²) in [6, 6.07) is 7.81. The minimum absolute atomic E-state index is 0.0206. The normalized spacial score (nSPS) is 32.4. The fraction of sp³-hybridized carbons (Fsp3) is 0.464. The predicted octanol–water partition coefficient (Wildman–Crippen LogP) is -1.84. The van der Waals surface area contributed by atoms with Crippen LogP contribution in [0.3, 0.4) is 0 Å². The lowest BCUT2D eigenvalue weighted by Crippen LogP contribution is -2.60. The van der Waals surface area contributed by atoms with Crippen molar-refractivity contribution in [2.24, 2.45) is 0 Å². The van der Waals surface area contributed by atoms with Gasteiger partial charge in [0.15, 0.2) is 11.5 Å². The highest BCUT2D eigenvalue weighted by Gasteiger charge is 2.47. The SMILES string of the molecule is COc1cc(-c2[o+]c3cc(O)cc(OC4O[C@H](CO)[C@@H](O)[C@H](O)[C@H]4O)c3cc2OC2O[C@H](CO)[C@@H](O)[C@H](O)[C@H]2O)ccc1O. The summed E-state index contributed by atoms with van der Waals surface area (Å²) in [5.74, 6) is -0.907. The van der Waals surface area contributed by atoms with Gasteiger partial charge >= 0.3 is 11.3 Å². The van der Waals surface area contributed by atoms with E-state index in [0.29, 0.717) is 0 Å². The molecular formula is C28H33O16+. The second kappa shape index (κ2) is 12.8. The third kappa shape index (κ3) is 5.92. The molecule has 0 saturated carbocycles. The average Bonchev–Trinajstić information content (AvgIpc) is 3.01. The number of hydrogen-bond acceptors (Lipinski definition) is 15. The zero-order chi connectivity index (χ0) is 31.9. The Morgan fingerprint density at radius 3 is 1.80 bits per heavy atom. The van der Waals surface area contributed by atoms with Crippen molar-refractivity contribution >= 4 is 11.0 Å². The van der Waals surface area contributed by atoms with E-state index in [0.717, 1.165) is 6.07 Å². The van der Waals surface area contributed by atoms with Gasteiger partial charge in [0.1, 0.15) is 65.7 Å². The summed E-state index contributed by atoms with van der Waals surface area (Å²) >= 11 is 0. The van der Waals surface area contributed by atoms with E-state index < -0.39 is 74.6 Å². The van der Waals surface area contributed by atoms with E-state index in [9.17, 15) is 51.1 Å². The Kier molecular flexibility index (Phi) is 9.28. The molecule has 3 aromatic rings. The van der Waals surface area contributed by atoms with Gasteiger partial charge in [0.05, 0.1) is 32.0 Å². The molecule has 16 nitrogen and oxygen atoms in total. The van der Waals surface area contributed by atoms with E-state index in [1.54, 1.807) is 0 Å². The maximum absolute atomic E-state index is 10.6. The number of ether oxygens (including phenoxy) is 5. The van der Waals surface area contributed by atoms with E-state index >= 15 is 0 Å². The van der Waals surface area contributed by atoms with Gasteiger partial charge in [0.2, 0.25) is 18.3 Å². The van der Waals surface area contributed by atoms with E-state index in [4.69, 9.17) is 28.1 Å². The Balaban J connectivity index is 1.62. The standard InChI is InChI=1S/C28H32O16/c1-39-16-4-10(2-3-13(16)32)26-17(42-28-25(38)23(36)21(34)19(9-30)44-28)7-12-14(40-26)5-11(31)6-15(12)41-27-24(37)22(35)20(33)18(8-29)43-27/h2-7,18-25,27-30,33-38H,8-9H2,1H3,(H-,31,32)/p+1/t18-,19-,20-,21-,22+,23+,24-,25-,27?,28?/m1/s1. The lowest BCUT2D eigenvalue weighted by Gasteiger charge is -2.39. The third-order valence-electron chi connectivity index (χ3n) is 7.43. The average molecular weight is 626 g/mol. The summed E-state index contributed by atoms with van der Waals surface area (Å²) in [5.41, 5.74) is 0.244. The number of rotatable bonds is 8. The molecule has 44 heavy (non-hydrogen) atoms. The molecule has 1 aromatic heterocycles. The van der Waals surface area contributed by atoms with Crippen molar-refractivity contribution in [3.05, 3.63) is 36.4 Å². The summed E-state index contributed by atoms with van der Waals surface area (Å²) in [7, 11) is 1.32. The van der Waals surface area contributed by atoms with Gasteiger partial charge in [0, 0.05) is 18.2 Å². The molecule has 0 aliphatic carbocycles. The zero-order valence-electron chi connectivity index (χ0n) is 23.1. The Hall–Kier alpha value is -3.55. The Morgan fingerprint density at radius 1 is 0.682 bits per heavy atom. The number of aromatic hydroxyl groups is 2. The van der Waals surface area contributed by atoms with Gasteiger partial charge in [-0.15, -0.1) is 0 Å². The monoisotopic (exact) mass is 625 g/mol. The van der Waals surface area contributed by atoms with Gasteiger partial charge < -0.3 is 74.7 Å². The van der Waals surface area contributed by atoms with Gasteiger partial charge in [-0.3, -0.25) is 0 Å². The molecule has 5 rings (SSSR count). The summed E-state index contributed by atoms with van der Waals surface area (Å²) in [5, 5.41) is 102. The van der Waals surface area contributed by atoms with Crippen molar-refractivity contribution in [2.75, 3.05) is 20.3 Å². The van der Waals surface area contributed by atoms with Crippen molar-refractivity contribution in [1.82, 2.24) is 0 Å². The highest BCUT2D eigenvalue weighted by Crippen LogP contribution is 2.43. The number of methoxy groups -OCH3 is 1. The molecule has 2 aromatic carbocycles. The molecule has 2 aliphatic rings. The molecule has 10 N–H and O–H groups in total. The smallest absolute Gasteiger partial charge is 0.402 e. The van der Waals surface area contributed by atoms with Crippen LogP contribution in [0, 0.1) is 0 Å². The highest BCUT2D eigenvalue weighted by molar-refractivity contribution is 5.89. The molecule has 10 atom stereocenters. The summed E-state index contributed by atoms with van der Waals surface area (Å²) in [6.45, 7) is -1.43. The molecule has 0 radical (unpaired) electrons. The van der Waals surface area contributed by atoms with Gasteiger partial charge in [-0.1, -0.05) is 0 Å². The molecule has 16 heteroatoms. The van der Waals surface area contributed by atoms with Crippen LogP contribution in [0.5, 0.6) is 28.7 Å². The number of benzene rings is 2. The Labute approximate surface area is 248 Å². The number of fused-ring (bicyclic) bond motifs is 1. The lowest BCUT2D eigenvalue weighted by molar-refractivity contribution is -0.277. The quantitative estimate of drug-likeness (QED) is 0.123. The lowest BCUT2D eigenvalue weighted by atomic mass is 9.99. The van der Waals surface area contributed by atoms with Crippen LogP contribution in [-0.4, -0.2) is 133 Å². The second-order valence-electron chi connectivity index (χ2n) is 10.3. The molecule has 2 saturated heterocycles. The van der Waals surface area contributed by atoms with E-state index in [-0.39, 0.29) is 51.0 Å². The largest absolute Gasteiger partial charge is 0.507 e. The number of phenols is 2. The molecule has 0 bridgehead atoms. The van der Waals surface area contributed by atoms with Crippen LogP contribution in [0.25, 0.3) is 22.3 Å². The Morgan fingerprint density at radius 2 is 1.25 bits per heavy atom. The first-order valence-corrected chi connectivity index (χ1v) is 13.4. The van der Waals surface area contributed by atoms with Crippen LogP contribution in [0.2, 0.25) is 0 Å². The summed E-state index contributed by atoms with van der Waals surface area (Å²) in [4.78, 5) is 0. The maximum atomic E-state index is 10.6. The minimum atomic E-state index is -1.80. The summed E-state index contributed by atoms with van der Waals surface area (Å²) in [6.07, 6.45) is -16.3. The van der Waals surface area contributed by atoms with Crippen LogP contribution < -0.4 is 14.2 Å². The number of aliphatic hydroxyl groups excluding tert-OH is 8. The topological polar surface area (TPSA) is 260 Å². The Bertz CT molecular complexity index is 1460. The summed E-state index contributed by atoms with van der Waals surface area (Å²) < 4.78 is 33.9. The minimum Gasteiger partial charge on any atom is -0.507 e. The van der Waals surface area contributed by atoms with Crippen molar-refractivity contribution in [2.45, 2.75) is 61.4 Å². The first-order chi connectivity index (χ1) is 21.0. The molecule has 2 fully saturated rings. The van der Waals surface area contributed by atoms with Crippen molar-refractivity contribution in [3.8, 4) is 40.1 Å². The molecule has 2 unspecified atom stereocenters. The van der Waals surface area contributed by atoms with Gasteiger partial charge in [-0.25, -0.2) is 4.42 Å². The van der Waals surface area contributed by atoms with Crippen LogP contribution in [-0.2, 0) is 9.47 Å². The zero-order valence-corrected chi connectivity index (χ0v) is 23.1. The van der Waals surface area contributed by atoms with E-state index in [1.807, 2.05) is 0 Å². The second-order valence-corrected chi connectivity index (χ2v) is 10.3.